The molecule has 20 heavy (non-hydrogen) atoms. The Morgan fingerprint density at radius 2 is 2.30 bits per heavy atom. The third-order valence-corrected chi connectivity index (χ3v) is 3.31. The van der Waals surface area contributed by atoms with E-state index in [1.54, 1.807) is 0 Å². The van der Waals surface area contributed by atoms with Gasteiger partial charge in [0.1, 0.15) is 18.0 Å². The lowest BCUT2D eigenvalue weighted by Crippen LogP contribution is -2.15. The zero-order valence-electron chi connectivity index (χ0n) is 10.8. The highest BCUT2D eigenvalue weighted by Gasteiger charge is 2.17. The summed E-state index contributed by atoms with van der Waals surface area (Å²) >= 11 is 0. The number of carboxylic acids is 1. The molecule has 1 aliphatic rings. The average molecular weight is 274 g/mol. The van der Waals surface area contributed by atoms with Crippen LogP contribution in [0, 0.1) is 0 Å². The second-order valence-corrected chi connectivity index (χ2v) is 4.61. The van der Waals surface area contributed by atoms with E-state index >= 15 is 0 Å². The van der Waals surface area contributed by atoms with Gasteiger partial charge in [0.15, 0.2) is 11.6 Å². The van der Waals surface area contributed by atoms with E-state index in [-0.39, 0.29) is 17.9 Å². The normalized spacial score (nSPS) is 13.8. The van der Waals surface area contributed by atoms with E-state index in [2.05, 4.69) is 15.2 Å². The third kappa shape index (κ3) is 2.34. The molecule has 0 aromatic carbocycles. The summed E-state index contributed by atoms with van der Waals surface area (Å²) in [6.45, 7) is 1.08. The van der Waals surface area contributed by atoms with Crippen LogP contribution in [-0.4, -0.2) is 30.8 Å². The average Bonchev–Trinajstić information content (AvgIpc) is 2.88. The Balaban J connectivity index is 1.77. The summed E-state index contributed by atoms with van der Waals surface area (Å²) in [6.07, 6.45) is 5.99. The summed E-state index contributed by atoms with van der Waals surface area (Å²) in [5.41, 5.74) is 0.0957. The first-order valence-electron chi connectivity index (χ1n) is 6.47. The summed E-state index contributed by atoms with van der Waals surface area (Å²) < 4.78 is 7.58. The number of carbonyl (C=O) groups is 1. The Hall–Kier alpha value is -2.44. The summed E-state index contributed by atoms with van der Waals surface area (Å²) in [7, 11) is 0. The monoisotopic (exact) mass is 274 g/mol. The maximum atomic E-state index is 11.1. The van der Waals surface area contributed by atoms with Crippen LogP contribution in [0.5, 0.6) is 5.75 Å². The van der Waals surface area contributed by atoms with Crippen molar-refractivity contribution >= 4 is 5.97 Å². The Bertz CT molecular complexity index is 638. The molecule has 3 heterocycles. The van der Waals surface area contributed by atoms with E-state index in [1.165, 1.54) is 18.5 Å². The van der Waals surface area contributed by atoms with Gasteiger partial charge in [-0.1, -0.05) is 0 Å². The lowest BCUT2D eigenvalue weighted by Gasteiger charge is -2.15. The van der Waals surface area contributed by atoms with Gasteiger partial charge in [0.25, 0.3) is 0 Å². The Morgan fingerprint density at radius 3 is 3.15 bits per heavy atom. The van der Waals surface area contributed by atoms with Gasteiger partial charge in [0, 0.05) is 19.2 Å². The molecule has 3 rings (SSSR count). The number of aromatic nitrogens is 4. The molecule has 2 aromatic heterocycles. The Labute approximate surface area is 115 Å². The molecule has 104 valence electrons. The van der Waals surface area contributed by atoms with Crippen molar-refractivity contribution in [3.63, 3.8) is 0 Å². The van der Waals surface area contributed by atoms with Gasteiger partial charge in [0.05, 0.1) is 6.20 Å². The maximum Gasteiger partial charge on any atom is 0.339 e. The number of carboxylic acid groups (broad SMARTS) is 1. The molecule has 0 saturated carbocycles. The number of pyridine rings is 1. The fraction of sp³-hybridized carbons (Fsp3) is 0.385. The number of hydrogen-bond donors (Lipinski definition) is 1. The van der Waals surface area contributed by atoms with Crippen molar-refractivity contribution < 1.29 is 14.6 Å². The minimum atomic E-state index is -1.04. The predicted octanol–water partition coefficient (Wildman–Crippen LogP) is 1.29. The molecule has 0 saturated heterocycles. The molecule has 0 bridgehead atoms. The van der Waals surface area contributed by atoms with Crippen molar-refractivity contribution in [3.8, 4) is 5.75 Å². The van der Waals surface area contributed by atoms with Crippen LogP contribution in [-0.2, 0) is 19.6 Å². The van der Waals surface area contributed by atoms with E-state index in [4.69, 9.17) is 9.84 Å². The molecule has 7 heteroatoms. The molecule has 0 amide bonds. The van der Waals surface area contributed by atoms with Crippen molar-refractivity contribution in [3.05, 3.63) is 35.7 Å². The standard InChI is InChI=1S/C13H14N4O3/c18-13(19)9-4-5-14-7-10(9)20-8-12-16-15-11-3-1-2-6-17(11)12/h4-5,7H,1-3,6,8H2,(H,18,19). The number of ether oxygens (including phenoxy) is 1. The fourth-order valence-corrected chi connectivity index (χ4v) is 2.29. The highest BCUT2D eigenvalue weighted by Crippen LogP contribution is 2.19. The molecule has 1 aliphatic heterocycles. The smallest absolute Gasteiger partial charge is 0.339 e. The summed E-state index contributed by atoms with van der Waals surface area (Å²) in [5.74, 6) is 0.901. The summed E-state index contributed by atoms with van der Waals surface area (Å²) in [6, 6.07) is 1.41. The number of rotatable bonds is 4. The number of hydrogen-bond acceptors (Lipinski definition) is 5. The van der Waals surface area contributed by atoms with Gasteiger partial charge in [-0.3, -0.25) is 4.98 Å². The predicted molar refractivity (Wildman–Crippen MR) is 68.5 cm³/mol. The third-order valence-electron chi connectivity index (χ3n) is 3.31. The van der Waals surface area contributed by atoms with E-state index in [1.807, 2.05) is 4.57 Å². The fourth-order valence-electron chi connectivity index (χ4n) is 2.29. The van der Waals surface area contributed by atoms with Crippen molar-refractivity contribution in [2.24, 2.45) is 0 Å². The van der Waals surface area contributed by atoms with E-state index in [0.29, 0.717) is 0 Å². The first kappa shape index (κ1) is 12.6. The molecule has 1 N–H and O–H groups in total. The summed E-state index contributed by atoms with van der Waals surface area (Å²) in [4.78, 5) is 15.0. The number of nitrogens with zero attached hydrogens (tertiary/aromatic N) is 4. The number of aryl methyl sites for hydroxylation is 1. The van der Waals surface area contributed by atoms with Gasteiger partial charge in [0.2, 0.25) is 0 Å². The Kier molecular flexibility index (Phi) is 3.32. The highest BCUT2D eigenvalue weighted by atomic mass is 16.5. The lowest BCUT2D eigenvalue weighted by atomic mass is 10.2. The molecule has 0 spiro atoms. The number of fused-ring (bicyclic) bond motifs is 1. The largest absolute Gasteiger partial charge is 0.483 e. The SMILES string of the molecule is O=C(O)c1ccncc1OCc1nnc2n1CCCC2. The molecular weight excluding hydrogens is 260 g/mol. The van der Waals surface area contributed by atoms with E-state index in [0.717, 1.165) is 37.5 Å². The first-order valence-corrected chi connectivity index (χ1v) is 6.47. The van der Waals surface area contributed by atoms with Gasteiger partial charge in [-0.2, -0.15) is 0 Å². The van der Waals surface area contributed by atoms with Gasteiger partial charge >= 0.3 is 5.97 Å². The van der Waals surface area contributed by atoms with E-state index < -0.39 is 5.97 Å². The van der Waals surface area contributed by atoms with Gasteiger partial charge in [-0.05, 0) is 18.9 Å². The quantitative estimate of drug-likeness (QED) is 0.903. The molecule has 7 nitrogen and oxygen atoms in total. The molecular formula is C13H14N4O3. The second kappa shape index (κ2) is 5.28. The molecule has 0 aliphatic carbocycles. The van der Waals surface area contributed by atoms with Crippen molar-refractivity contribution in [1.82, 2.24) is 19.7 Å². The van der Waals surface area contributed by atoms with Gasteiger partial charge in [-0.25, -0.2) is 4.79 Å². The second-order valence-electron chi connectivity index (χ2n) is 4.61. The van der Waals surface area contributed by atoms with Crippen LogP contribution < -0.4 is 4.74 Å². The van der Waals surface area contributed by atoms with Gasteiger partial charge in [-0.15, -0.1) is 10.2 Å². The van der Waals surface area contributed by atoms with Crippen molar-refractivity contribution in [2.75, 3.05) is 0 Å². The highest BCUT2D eigenvalue weighted by molar-refractivity contribution is 5.90. The minimum absolute atomic E-state index is 0.0957. The zero-order chi connectivity index (χ0) is 13.9. The molecule has 0 atom stereocenters. The number of aromatic carboxylic acids is 1. The maximum absolute atomic E-state index is 11.1. The van der Waals surface area contributed by atoms with Crippen LogP contribution in [0.2, 0.25) is 0 Å². The van der Waals surface area contributed by atoms with Crippen LogP contribution >= 0.6 is 0 Å². The molecule has 2 aromatic rings. The molecule has 0 fully saturated rings. The first-order chi connectivity index (χ1) is 9.75. The Morgan fingerprint density at radius 1 is 1.40 bits per heavy atom. The lowest BCUT2D eigenvalue weighted by molar-refractivity contribution is 0.0691. The topological polar surface area (TPSA) is 90.1 Å². The van der Waals surface area contributed by atoms with Gasteiger partial charge < -0.3 is 14.4 Å². The molecule has 0 unspecified atom stereocenters. The summed E-state index contributed by atoms with van der Waals surface area (Å²) in [5, 5.41) is 17.3. The van der Waals surface area contributed by atoms with E-state index in [9.17, 15) is 4.79 Å². The van der Waals surface area contributed by atoms with Crippen molar-refractivity contribution in [2.45, 2.75) is 32.4 Å². The minimum Gasteiger partial charge on any atom is -0.483 e. The van der Waals surface area contributed by atoms with Crippen LogP contribution in [0.25, 0.3) is 0 Å². The molecule has 0 radical (unpaired) electrons. The zero-order valence-corrected chi connectivity index (χ0v) is 10.8. The van der Waals surface area contributed by atoms with Crippen LogP contribution in [0.3, 0.4) is 0 Å². The van der Waals surface area contributed by atoms with Crippen LogP contribution in [0.4, 0.5) is 0 Å². The van der Waals surface area contributed by atoms with Crippen LogP contribution in [0.15, 0.2) is 18.5 Å². The van der Waals surface area contributed by atoms with Crippen molar-refractivity contribution in [1.29, 1.82) is 0 Å². The van der Waals surface area contributed by atoms with Crippen LogP contribution in [0.1, 0.15) is 34.8 Å².